The van der Waals surface area contributed by atoms with E-state index in [2.05, 4.69) is 77.6 Å². The fourth-order valence-electron chi connectivity index (χ4n) is 2.78. The molecule has 0 fully saturated rings. The number of hydrogen-bond donors (Lipinski definition) is 1. The number of rotatable bonds is 6. The van der Waals surface area contributed by atoms with Crippen LogP contribution in [0.25, 0.3) is 0 Å². The van der Waals surface area contributed by atoms with Gasteiger partial charge in [-0.1, -0.05) is 60.1 Å². The fourth-order valence-corrected chi connectivity index (χ4v) is 3.04. The third-order valence-electron chi connectivity index (χ3n) is 4.10. The Morgan fingerprint density at radius 1 is 0.952 bits per heavy atom. The lowest BCUT2D eigenvalue weighted by molar-refractivity contribution is 0.591. The van der Waals surface area contributed by atoms with E-state index in [-0.39, 0.29) is 0 Å². The maximum absolute atomic E-state index is 3.49. The van der Waals surface area contributed by atoms with Gasteiger partial charge in [0, 0.05) is 10.5 Å². The molecule has 0 amide bonds. The molecule has 2 heteroatoms. The highest BCUT2D eigenvalue weighted by atomic mass is 79.9. The summed E-state index contributed by atoms with van der Waals surface area (Å²) in [6.45, 7) is 4.47. The lowest BCUT2D eigenvalue weighted by atomic mass is 9.93. The van der Waals surface area contributed by atoms with Gasteiger partial charge in [0.05, 0.1) is 0 Å². The van der Waals surface area contributed by atoms with E-state index in [9.17, 15) is 0 Å². The highest BCUT2D eigenvalue weighted by Crippen LogP contribution is 2.23. The molecule has 0 saturated carbocycles. The highest BCUT2D eigenvalue weighted by Gasteiger charge is 2.12. The molecule has 0 aliphatic heterocycles. The molecular formula is C19H24BrN. The van der Waals surface area contributed by atoms with Crippen molar-refractivity contribution in [1.82, 2.24) is 5.32 Å². The molecule has 2 aromatic carbocycles. The van der Waals surface area contributed by atoms with E-state index in [4.69, 9.17) is 0 Å². The molecule has 1 atom stereocenters. The summed E-state index contributed by atoms with van der Waals surface area (Å²) in [5, 5.41) is 3.46. The van der Waals surface area contributed by atoms with Crippen LogP contribution in [0, 0.1) is 0 Å². The van der Waals surface area contributed by atoms with E-state index >= 15 is 0 Å². The Labute approximate surface area is 136 Å². The molecule has 0 bridgehead atoms. The van der Waals surface area contributed by atoms with Crippen molar-refractivity contribution in [2.75, 3.05) is 7.05 Å². The summed E-state index contributed by atoms with van der Waals surface area (Å²) < 4.78 is 1.13. The van der Waals surface area contributed by atoms with Crippen molar-refractivity contribution in [3.8, 4) is 0 Å². The first kappa shape index (κ1) is 16.3. The van der Waals surface area contributed by atoms with Crippen molar-refractivity contribution in [3.05, 3.63) is 69.2 Å². The van der Waals surface area contributed by atoms with E-state index < -0.39 is 0 Å². The molecule has 2 aromatic rings. The minimum Gasteiger partial charge on any atom is -0.313 e. The van der Waals surface area contributed by atoms with E-state index in [1.807, 2.05) is 7.05 Å². The van der Waals surface area contributed by atoms with Gasteiger partial charge in [0.25, 0.3) is 0 Å². The van der Waals surface area contributed by atoms with Crippen LogP contribution < -0.4 is 5.32 Å². The highest BCUT2D eigenvalue weighted by molar-refractivity contribution is 9.10. The summed E-state index contributed by atoms with van der Waals surface area (Å²) in [5.41, 5.74) is 5.69. The summed E-state index contributed by atoms with van der Waals surface area (Å²) in [6.07, 6.45) is 3.23. The third kappa shape index (κ3) is 4.18. The van der Waals surface area contributed by atoms with Gasteiger partial charge in [0.1, 0.15) is 0 Å². The molecule has 0 aromatic heterocycles. The van der Waals surface area contributed by atoms with E-state index in [1.54, 1.807) is 0 Å². The molecular weight excluding hydrogens is 322 g/mol. The molecule has 1 N–H and O–H groups in total. The summed E-state index contributed by atoms with van der Waals surface area (Å²) in [5.74, 6) is 0. The molecule has 1 nitrogen and oxygen atoms in total. The lowest BCUT2D eigenvalue weighted by Gasteiger charge is -2.19. The molecule has 0 radical (unpaired) electrons. The molecule has 2 rings (SSSR count). The fraction of sp³-hybridized carbons (Fsp3) is 0.368. The van der Waals surface area contributed by atoms with Crippen LogP contribution in [0.1, 0.15) is 42.1 Å². The van der Waals surface area contributed by atoms with Crippen molar-refractivity contribution in [2.45, 2.75) is 39.2 Å². The predicted molar refractivity (Wildman–Crippen MR) is 94.8 cm³/mol. The van der Waals surface area contributed by atoms with Crippen molar-refractivity contribution >= 4 is 15.9 Å². The van der Waals surface area contributed by atoms with Gasteiger partial charge in [0.15, 0.2) is 0 Å². The Morgan fingerprint density at radius 3 is 2.19 bits per heavy atom. The lowest BCUT2D eigenvalue weighted by Crippen LogP contribution is -2.19. The Bertz CT molecular complexity index is 575. The predicted octanol–water partition coefficient (Wildman–Crippen LogP) is 5.08. The maximum Gasteiger partial charge on any atom is 0.0358 e. The van der Waals surface area contributed by atoms with Crippen molar-refractivity contribution in [2.24, 2.45) is 0 Å². The van der Waals surface area contributed by atoms with Crippen LogP contribution in [0.3, 0.4) is 0 Å². The Morgan fingerprint density at radius 2 is 1.62 bits per heavy atom. The third-order valence-corrected chi connectivity index (χ3v) is 4.62. The second kappa shape index (κ2) is 7.77. The summed E-state index contributed by atoms with van der Waals surface area (Å²) >= 11 is 3.49. The number of aryl methyl sites for hydroxylation is 2. The number of benzene rings is 2. The van der Waals surface area contributed by atoms with Gasteiger partial charge < -0.3 is 5.32 Å². The van der Waals surface area contributed by atoms with E-state index in [1.165, 1.54) is 22.3 Å². The van der Waals surface area contributed by atoms with Gasteiger partial charge in [-0.3, -0.25) is 0 Å². The quantitative estimate of drug-likeness (QED) is 0.769. The molecule has 21 heavy (non-hydrogen) atoms. The van der Waals surface area contributed by atoms with Gasteiger partial charge in [-0.25, -0.2) is 0 Å². The summed E-state index contributed by atoms with van der Waals surface area (Å²) in [4.78, 5) is 0. The number of likely N-dealkylation sites (N-methyl/N-ethyl adjacent to an activating group) is 1. The topological polar surface area (TPSA) is 12.0 Å². The molecule has 112 valence electrons. The first-order valence-electron chi connectivity index (χ1n) is 7.71. The van der Waals surface area contributed by atoms with E-state index in [0.717, 1.165) is 23.7 Å². The number of halogens is 1. The molecule has 0 saturated heterocycles. The number of hydrogen-bond acceptors (Lipinski definition) is 1. The van der Waals surface area contributed by atoms with Gasteiger partial charge in [-0.2, -0.15) is 0 Å². The molecule has 0 spiro atoms. The van der Waals surface area contributed by atoms with Crippen LogP contribution >= 0.6 is 15.9 Å². The first-order chi connectivity index (χ1) is 10.2. The Kier molecular flexibility index (Phi) is 6.01. The van der Waals surface area contributed by atoms with Crippen LogP contribution in [0.15, 0.2) is 46.9 Å². The average molecular weight is 346 g/mol. The molecule has 1 unspecified atom stereocenters. The molecule has 0 aliphatic rings. The second-order valence-corrected chi connectivity index (χ2v) is 6.32. The average Bonchev–Trinajstić information content (AvgIpc) is 2.53. The Hall–Kier alpha value is -1.12. The van der Waals surface area contributed by atoms with Crippen molar-refractivity contribution in [1.29, 1.82) is 0 Å². The van der Waals surface area contributed by atoms with Crippen LogP contribution in [-0.2, 0) is 19.3 Å². The summed E-state index contributed by atoms with van der Waals surface area (Å²) in [6, 6.07) is 15.9. The standard InChI is InChI=1S/C19H24BrN/c1-4-15-8-9-17(13-16(15)5-2)19(21-3)12-14-6-10-18(20)11-7-14/h6-11,13,19,21H,4-5,12H2,1-3H3. The van der Waals surface area contributed by atoms with E-state index in [0.29, 0.717) is 6.04 Å². The summed E-state index contributed by atoms with van der Waals surface area (Å²) in [7, 11) is 2.04. The van der Waals surface area contributed by atoms with Crippen LogP contribution in [-0.4, -0.2) is 7.05 Å². The largest absolute Gasteiger partial charge is 0.313 e. The smallest absolute Gasteiger partial charge is 0.0358 e. The van der Waals surface area contributed by atoms with Crippen LogP contribution in [0.4, 0.5) is 0 Å². The monoisotopic (exact) mass is 345 g/mol. The zero-order valence-electron chi connectivity index (χ0n) is 13.1. The van der Waals surface area contributed by atoms with Gasteiger partial charge in [-0.15, -0.1) is 0 Å². The second-order valence-electron chi connectivity index (χ2n) is 5.41. The van der Waals surface area contributed by atoms with Gasteiger partial charge in [0.2, 0.25) is 0 Å². The zero-order valence-corrected chi connectivity index (χ0v) is 14.7. The van der Waals surface area contributed by atoms with Crippen molar-refractivity contribution < 1.29 is 0 Å². The molecule has 0 heterocycles. The SMILES string of the molecule is CCc1ccc(C(Cc2ccc(Br)cc2)NC)cc1CC. The zero-order chi connectivity index (χ0) is 15.2. The normalized spacial score (nSPS) is 12.4. The Balaban J connectivity index is 2.22. The minimum atomic E-state index is 0.363. The van der Waals surface area contributed by atoms with Gasteiger partial charge in [-0.05, 0) is 60.7 Å². The maximum atomic E-state index is 3.49. The van der Waals surface area contributed by atoms with Crippen LogP contribution in [0.5, 0.6) is 0 Å². The van der Waals surface area contributed by atoms with Crippen molar-refractivity contribution in [3.63, 3.8) is 0 Å². The van der Waals surface area contributed by atoms with Gasteiger partial charge >= 0.3 is 0 Å². The number of nitrogens with one attached hydrogen (secondary N) is 1. The van der Waals surface area contributed by atoms with Crippen LogP contribution in [0.2, 0.25) is 0 Å². The molecule has 0 aliphatic carbocycles. The minimum absolute atomic E-state index is 0.363. The first-order valence-corrected chi connectivity index (χ1v) is 8.50.